The summed E-state index contributed by atoms with van der Waals surface area (Å²) in [5, 5.41) is 0. The second-order valence-corrected chi connectivity index (χ2v) is 12.8. The van der Waals surface area contributed by atoms with E-state index in [0.29, 0.717) is 13.0 Å². The Bertz CT molecular complexity index is 2460. The zero-order valence-corrected chi connectivity index (χ0v) is 30.3. The number of aromatic nitrogens is 2. The van der Waals surface area contributed by atoms with Crippen molar-refractivity contribution < 1.29 is 97.2 Å². The lowest BCUT2D eigenvalue weighted by atomic mass is 9.12. The molecule has 6 rings (SSSR count). The summed E-state index contributed by atoms with van der Waals surface area (Å²) >= 11 is 0. The summed E-state index contributed by atoms with van der Waals surface area (Å²) in [6.07, 6.45) is 0.671. The number of nitrogens with zero attached hydrogens (tertiary/aromatic N) is 2. The first-order valence-corrected chi connectivity index (χ1v) is 16.8. The molecule has 330 valence electrons. The summed E-state index contributed by atoms with van der Waals surface area (Å²) in [5.74, 6) is -71.3. The van der Waals surface area contributed by atoms with E-state index in [4.69, 9.17) is 0 Å². The molecule has 1 heterocycles. The normalized spacial score (nSPS) is 11.4. The molecule has 0 fully saturated rings. The van der Waals surface area contributed by atoms with E-state index in [-0.39, 0.29) is 5.78 Å². The molecule has 0 N–H and O–H groups in total. The van der Waals surface area contributed by atoms with E-state index in [1.54, 1.807) is 18.5 Å². The summed E-state index contributed by atoms with van der Waals surface area (Å²) in [6.45, 7) is 4.01. The number of Topliss-reactive ketones (excluding diaryl/α,β-unsaturated/α-hetero) is 1. The van der Waals surface area contributed by atoms with Crippen LogP contribution in [-0.4, -0.2) is 16.9 Å². The van der Waals surface area contributed by atoms with Gasteiger partial charge in [-0.05, 0) is 0 Å². The van der Waals surface area contributed by atoms with Crippen LogP contribution >= 0.6 is 0 Å². The Balaban J connectivity index is 0.000000345. The largest absolute Gasteiger partial charge is 0.287 e. The third-order valence-corrected chi connectivity index (χ3v) is 9.30. The van der Waals surface area contributed by atoms with Gasteiger partial charge in [0.2, 0.25) is 12.3 Å². The highest BCUT2D eigenvalue weighted by Crippen LogP contribution is 2.30. The van der Waals surface area contributed by atoms with E-state index >= 15 is 35.1 Å². The number of hydrogen-bond donors (Lipinski definition) is 0. The maximum Gasteiger partial charge on any atom is 0.227 e. The number of halogens is 20. The monoisotopic (exact) mass is 918 g/mol. The Kier molecular flexibility index (Phi) is 13.5. The minimum absolute atomic E-state index is 0.0938. The average Bonchev–Trinajstić information content (AvgIpc) is 3.27. The van der Waals surface area contributed by atoms with Crippen molar-refractivity contribution in [1.82, 2.24) is 4.98 Å². The molecule has 5 aromatic carbocycles. The molecule has 0 bridgehead atoms. The topological polar surface area (TPSA) is 33.8 Å². The van der Waals surface area contributed by atoms with Gasteiger partial charge < -0.3 is 0 Å². The Morgan fingerprint density at radius 2 is 0.762 bits per heavy atom. The van der Waals surface area contributed by atoms with Crippen LogP contribution in [0.4, 0.5) is 87.8 Å². The lowest BCUT2D eigenvalue weighted by molar-refractivity contribution is -0.684. The molecule has 0 radical (unpaired) electrons. The second-order valence-electron chi connectivity index (χ2n) is 12.8. The molecule has 1 aromatic heterocycles. The van der Waals surface area contributed by atoms with Gasteiger partial charge >= 0.3 is 0 Å². The number of carbonyl (C=O) groups is 1. The van der Waals surface area contributed by atoms with Crippen molar-refractivity contribution in [3.8, 4) is 0 Å². The number of allylic oxidation sites excluding steroid dienone is 1. The number of rotatable bonds is 9. The van der Waals surface area contributed by atoms with Gasteiger partial charge in [0.15, 0.2) is 82.2 Å². The first-order valence-electron chi connectivity index (χ1n) is 16.8. The van der Waals surface area contributed by atoms with E-state index in [9.17, 15) is 57.5 Å². The standard InChI is InChI=1S/C24BF20.C15H15N2O/c26-5-1(6(27)14(35)21(42)13(5)34)25(2-7(28)15(36)22(43)16(37)8(2)29,3-9(30)17(38)23(44)18(39)10(3)31)4-11(32)19(40)24(45)20(41)12(4)33;1-2-6-14-11-17(10-9-16-14)12-15(18)13-7-4-3-5-8-13/h;2-5,7-11H,1,6,12H2/q-1;+1. The predicted molar refractivity (Wildman–Crippen MR) is 178 cm³/mol. The minimum atomic E-state index is -7.22. The number of hydrogen-bond acceptors (Lipinski definition) is 2. The molecule has 0 aliphatic carbocycles. The van der Waals surface area contributed by atoms with Crippen LogP contribution in [0.25, 0.3) is 0 Å². The van der Waals surface area contributed by atoms with Crippen molar-refractivity contribution in [2.45, 2.75) is 13.0 Å². The number of ketones is 1. The third kappa shape index (κ3) is 7.74. The van der Waals surface area contributed by atoms with Gasteiger partial charge in [0.1, 0.15) is 58.4 Å². The van der Waals surface area contributed by atoms with E-state index < -0.39 is 144 Å². The first kappa shape index (κ1) is 47.3. The number of carbonyl (C=O) groups excluding carboxylic acids is 1. The van der Waals surface area contributed by atoms with Crippen LogP contribution in [0.15, 0.2) is 61.6 Å². The Labute approximate surface area is 338 Å². The molecule has 0 amide bonds. The van der Waals surface area contributed by atoms with E-state index in [0.717, 1.165) is 11.3 Å². The van der Waals surface area contributed by atoms with Crippen LogP contribution in [0.5, 0.6) is 0 Å². The van der Waals surface area contributed by atoms with E-state index in [1.165, 1.54) is 0 Å². The van der Waals surface area contributed by atoms with Crippen LogP contribution in [0.3, 0.4) is 0 Å². The van der Waals surface area contributed by atoms with E-state index in [1.807, 2.05) is 41.1 Å². The molecule has 0 aliphatic heterocycles. The van der Waals surface area contributed by atoms with Gasteiger partial charge in [-0.2, -0.15) is 4.57 Å². The van der Waals surface area contributed by atoms with Gasteiger partial charge in [0.25, 0.3) is 0 Å². The van der Waals surface area contributed by atoms with Gasteiger partial charge in [-0.25, -0.2) is 92.8 Å². The molecular weight excluding hydrogens is 903 g/mol. The van der Waals surface area contributed by atoms with Crippen molar-refractivity contribution in [3.05, 3.63) is 189 Å². The SMILES string of the molecule is C=CCc1c[n+](CC(=O)c2ccccc2)ccn1.Fc1c(F)c(F)c([B-](c2c(F)c(F)c(F)c(F)c2F)(c2c(F)c(F)c(F)c(F)c2F)c2c(F)c(F)c(F)c(F)c2F)c(F)c1F. The molecule has 63 heavy (non-hydrogen) atoms. The Morgan fingerprint density at radius 3 is 1.05 bits per heavy atom. The number of benzene rings is 5. The smallest absolute Gasteiger partial charge is 0.227 e. The molecule has 0 unspecified atom stereocenters. The molecule has 0 aliphatic rings. The predicted octanol–water partition coefficient (Wildman–Crippen LogP) is 7.83. The fourth-order valence-corrected chi connectivity index (χ4v) is 6.59. The van der Waals surface area contributed by atoms with Crippen molar-refractivity contribution in [2.24, 2.45) is 0 Å². The Morgan fingerprint density at radius 1 is 0.476 bits per heavy atom. The van der Waals surface area contributed by atoms with Crippen molar-refractivity contribution >= 4 is 33.8 Å². The summed E-state index contributed by atoms with van der Waals surface area (Å²) in [7, 11) is 0. The van der Waals surface area contributed by atoms with Crippen LogP contribution in [-0.2, 0) is 13.0 Å². The zero-order valence-electron chi connectivity index (χ0n) is 30.3. The summed E-state index contributed by atoms with van der Waals surface area (Å²) in [5.41, 5.74) is -12.7. The lowest BCUT2D eigenvalue weighted by Gasteiger charge is -2.44. The third-order valence-electron chi connectivity index (χ3n) is 9.30. The summed E-state index contributed by atoms with van der Waals surface area (Å²) in [4.78, 5) is 16.2. The van der Waals surface area contributed by atoms with E-state index in [2.05, 4.69) is 11.6 Å². The highest BCUT2D eigenvalue weighted by atomic mass is 19.2. The van der Waals surface area contributed by atoms with Crippen LogP contribution < -0.4 is 26.4 Å². The molecular formula is C39H15BF20N2O. The van der Waals surface area contributed by atoms with Crippen LogP contribution in [0.1, 0.15) is 16.1 Å². The quantitative estimate of drug-likeness (QED) is 0.0282. The van der Waals surface area contributed by atoms with Crippen LogP contribution in [0.2, 0.25) is 0 Å². The summed E-state index contributed by atoms with van der Waals surface area (Å²) in [6, 6.07) is 9.29. The van der Waals surface area contributed by atoms with Gasteiger partial charge in [-0.15, -0.1) is 28.4 Å². The maximum atomic E-state index is 15.4. The molecule has 0 spiro atoms. The van der Waals surface area contributed by atoms with Crippen molar-refractivity contribution in [1.29, 1.82) is 0 Å². The second kappa shape index (κ2) is 17.9. The van der Waals surface area contributed by atoms with Gasteiger partial charge in [-0.1, -0.05) is 36.4 Å². The highest BCUT2D eigenvalue weighted by Gasteiger charge is 2.52. The fourth-order valence-electron chi connectivity index (χ4n) is 6.59. The molecule has 3 nitrogen and oxygen atoms in total. The van der Waals surface area contributed by atoms with Crippen LogP contribution in [0, 0.1) is 116 Å². The Hall–Kier alpha value is -6.75. The maximum absolute atomic E-state index is 15.4. The highest BCUT2D eigenvalue weighted by molar-refractivity contribution is 7.20. The molecule has 0 saturated carbocycles. The van der Waals surface area contributed by atoms with Crippen molar-refractivity contribution in [2.75, 3.05) is 0 Å². The van der Waals surface area contributed by atoms with Gasteiger partial charge in [0, 0.05) is 12.0 Å². The molecule has 24 heteroatoms. The fraction of sp³-hybridized carbons (Fsp3) is 0.0513. The van der Waals surface area contributed by atoms with Crippen molar-refractivity contribution in [3.63, 3.8) is 0 Å². The van der Waals surface area contributed by atoms with Gasteiger partial charge in [0.05, 0.1) is 6.20 Å². The summed E-state index contributed by atoms with van der Waals surface area (Å²) < 4.78 is 296. The minimum Gasteiger partial charge on any atom is -0.287 e. The van der Waals surface area contributed by atoms with Gasteiger partial charge in [-0.3, -0.25) is 4.79 Å². The molecule has 0 atom stereocenters. The first-order chi connectivity index (χ1) is 29.5. The average molecular weight is 918 g/mol. The zero-order chi connectivity index (χ0) is 47.2. The molecule has 6 aromatic rings. The molecule has 0 saturated heterocycles. The lowest BCUT2D eigenvalue weighted by Crippen LogP contribution is -2.81.